The van der Waals surface area contributed by atoms with Crippen LogP contribution in [-0.4, -0.2) is 13.0 Å². The molecule has 0 atom stereocenters. The minimum atomic E-state index is -0.301. The van der Waals surface area contributed by atoms with Crippen molar-refractivity contribution in [3.8, 4) is 5.75 Å². The number of halogens is 1. The average molecular weight is 367 g/mol. The van der Waals surface area contributed by atoms with Crippen molar-refractivity contribution in [2.45, 2.75) is 10.6 Å². The normalized spacial score (nSPS) is 10.2. The van der Waals surface area contributed by atoms with Crippen molar-refractivity contribution in [1.29, 1.82) is 0 Å². The number of rotatable bonds is 5. The number of nitrogens with two attached hydrogens (primary N) is 1. The SMILES string of the molecule is COc1ccc(SCc2ccc(C(=O)NN)cc2Br)cc1. The van der Waals surface area contributed by atoms with Crippen LogP contribution in [0.1, 0.15) is 15.9 Å². The number of ether oxygens (including phenoxy) is 1. The predicted octanol–water partition coefficient (Wildman–Crippen LogP) is 3.35. The predicted molar refractivity (Wildman–Crippen MR) is 88.4 cm³/mol. The Morgan fingerprint density at radius 2 is 2.00 bits per heavy atom. The lowest BCUT2D eigenvalue weighted by molar-refractivity contribution is 0.0953. The van der Waals surface area contributed by atoms with E-state index < -0.39 is 0 Å². The maximum Gasteiger partial charge on any atom is 0.265 e. The van der Waals surface area contributed by atoms with Crippen LogP contribution in [0.4, 0.5) is 0 Å². The third-order valence-corrected chi connectivity index (χ3v) is 4.70. The molecule has 0 fully saturated rings. The molecule has 2 rings (SSSR count). The van der Waals surface area contributed by atoms with Gasteiger partial charge in [-0.2, -0.15) is 0 Å². The van der Waals surface area contributed by atoms with Gasteiger partial charge in [-0.25, -0.2) is 5.84 Å². The van der Waals surface area contributed by atoms with Crippen LogP contribution >= 0.6 is 27.7 Å². The molecule has 4 nitrogen and oxygen atoms in total. The molecule has 2 aromatic carbocycles. The highest BCUT2D eigenvalue weighted by molar-refractivity contribution is 9.10. The van der Waals surface area contributed by atoms with E-state index in [-0.39, 0.29) is 5.91 Å². The average Bonchev–Trinajstić information content (AvgIpc) is 2.53. The maximum absolute atomic E-state index is 11.4. The van der Waals surface area contributed by atoms with Crippen molar-refractivity contribution in [1.82, 2.24) is 5.43 Å². The highest BCUT2D eigenvalue weighted by atomic mass is 79.9. The van der Waals surface area contributed by atoms with Crippen LogP contribution in [0, 0.1) is 0 Å². The summed E-state index contributed by atoms with van der Waals surface area (Å²) in [6, 6.07) is 13.4. The maximum atomic E-state index is 11.4. The third-order valence-electron chi connectivity index (χ3n) is 2.90. The summed E-state index contributed by atoms with van der Waals surface area (Å²) in [4.78, 5) is 12.6. The van der Waals surface area contributed by atoms with Crippen LogP contribution in [0.15, 0.2) is 51.8 Å². The largest absolute Gasteiger partial charge is 0.497 e. The van der Waals surface area contributed by atoms with E-state index in [4.69, 9.17) is 10.6 Å². The molecule has 0 aliphatic heterocycles. The molecule has 110 valence electrons. The summed E-state index contributed by atoms with van der Waals surface area (Å²) in [6.45, 7) is 0. The van der Waals surface area contributed by atoms with Crippen LogP contribution in [0.3, 0.4) is 0 Å². The van der Waals surface area contributed by atoms with E-state index in [0.717, 1.165) is 26.4 Å². The first kappa shape index (κ1) is 15.9. The van der Waals surface area contributed by atoms with Gasteiger partial charge in [-0.05, 0) is 42.0 Å². The van der Waals surface area contributed by atoms with Crippen LogP contribution in [0.25, 0.3) is 0 Å². The lowest BCUT2D eigenvalue weighted by atomic mass is 10.1. The van der Waals surface area contributed by atoms with Gasteiger partial charge in [0.25, 0.3) is 5.91 Å². The second kappa shape index (κ2) is 7.49. The fourth-order valence-corrected chi connectivity index (χ4v) is 3.33. The van der Waals surface area contributed by atoms with Crippen molar-refractivity contribution in [2.75, 3.05) is 7.11 Å². The summed E-state index contributed by atoms with van der Waals surface area (Å²) in [6.07, 6.45) is 0. The molecule has 3 N–H and O–H groups in total. The Labute approximate surface area is 136 Å². The highest BCUT2D eigenvalue weighted by Crippen LogP contribution is 2.28. The van der Waals surface area contributed by atoms with Crippen molar-refractivity contribution in [2.24, 2.45) is 5.84 Å². The number of carbonyl (C=O) groups excluding carboxylic acids is 1. The molecular weight excluding hydrogens is 352 g/mol. The number of hydrogen-bond acceptors (Lipinski definition) is 4. The Bertz CT molecular complexity index is 632. The van der Waals surface area contributed by atoms with E-state index in [1.54, 1.807) is 31.0 Å². The molecule has 0 radical (unpaired) electrons. The Hall–Kier alpha value is -1.50. The lowest BCUT2D eigenvalue weighted by Gasteiger charge is -2.07. The first-order valence-electron chi connectivity index (χ1n) is 6.20. The topological polar surface area (TPSA) is 64.3 Å². The summed E-state index contributed by atoms with van der Waals surface area (Å²) in [5.41, 5.74) is 3.77. The molecule has 0 aliphatic rings. The lowest BCUT2D eigenvalue weighted by Crippen LogP contribution is -2.29. The van der Waals surface area contributed by atoms with E-state index in [2.05, 4.69) is 21.4 Å². The van der Waals surface area contributed by atoms with Gasteiger partial charge < -0.3 is 4.74 Å². The van der Waals surface area contributed by atoms with Gasteiger partial charge in [-0.3, -0.25) is 10.2 Å². The molecule has 1 amide bonds. The molecule has 21 heavy (non-hydrogen) atoms. The second-order valence-corrected chi connectivity index (χ2v) is 6.15. The summed E-state index contributed by atoms with van der Waals surface area (Å²) in [7, 11) is 1.65. The van der Waals surface area contributed by atoms with Gasteiger partial charge in [0.1, 0.15) is 5.75 Å². The zero-order valence-electron chi connectivity index (χ0n) is 11.4. The van der Waals surface area contributed by atoms with Crippen molar-refractivity contribution in [3.05, 3.63) is 58.1 Å². The molecule has 0 bridgehead atoms. The summed E-state index contributed by atoms with van der Waals surface area (Å²) >= 11 is 5.20. The standard InChI is InChI=1S/C15H15BrN2O2S/c1-20-12-4-6-13(7-5-12)21-9-11-3-2-10(8-14(11)16)15(19)18-17/h2-8H,9,17H2,1H3,(H,18,19). The van der Waals surface area contributed by atoms with E-state index in [9.17, 15) is 4.79 Å². The monoisotopic (exact) mass is 366 g/mol. The van der Waals surface area contributed by atoms with Crippen LogP contribution < -0.4 is 16.0 Å². The zero-order valence-corrected chi connectivity index (χ0v) is 13.8. The van der Waals surface area contributed by atoms with E-state index in [0.29, 0.717) is 5.56 Å². The minimum Gasteiger partial charge on any atom is -0.497 e. The van der Waals surface area contributed by atoms with Gasteiger partial charge in [-0.1, -0.05) is 22.0 Å². The van der Waals surface area contributed by atoms with Crippen molar-refractivity contribution in [3.63, 3.8) is 0 Å². The quantitative estimate of drug-likeness (QED) is 0.368. The molecule has 0 saturated heterocycles. The number of nitrogens with one attached hydrogen (secondary N) is 1. The number of nitrogen functional groups attached to an aromatic ring is 1. The first-order chi connectivity index (χ1) is 10.1. The molecule has 0 aromatic heterocycles. The van der Waals surface area contributed by atoms with Crippen LogP contribution in [0.5, 0.6) is 5.75 Å². The fraction of sp³-hybridized carbons (Fsp3) is 0.133. The number of carbonyl (C=O) groups is 1. The Morgan fingerprint density at radius 1 is 1.29 bits per heavy atom. The number of thioether (sulfide) groups is 1. The van der Waals surface area contributed by atoms with Crippen LogP contribution in [-0.2, 0) is 5.75 Å². The van der Waals surface area contributed by atoms with Gasteiger partial charge in [-0.15, -0.1) is 11.8 Å². The molecule has 2 aromatic rings. The second-order valence-electron chi connectivity index (χ2n) is 4.24. The number of hydrogen-bond donors (Lipinski definition) is 2. The molecule has 0 saturated carbocycles. The first-order valence-corrected chi connectivity index (χ1v) is 7.98. The number of hydrazine groups is 1. The third kappa shape index (κ3) is 4.23. The smallest absolute Gasteiger partial charge is 0.265 e. The minimum absolute atomic E-state index is 0.301. The Kier molecular flexibility index (Phi) is 5.67. The van der Waals surface area contributed by atoms with Gasteiger partial charge in [0, 0.05) is 20.7 Å². The molecule has 0 aliphatic carbocycles. The van der Waals surface area contributed by atoms with Gasteiger partial charge in [0.2, 0.25) is 0 Å². The molecular formula is C15H15BrN2O2S. The Balaban J connectivity index is 2.04. The van der Waals surface area contributed by atoms with E-state index in [1.165, 1.54) is 0 Å². The van der Waals surface area contributed by atoms with E-state index >= 15 is 0 Å². The molecule has 6 heteroatoms. The van der Waals surface area contributed by atoms with Gasteiger partial charge in [0.15, 0.2) is 0 Å². The highest BCUT2D eigenvalue weighted by Gasteiger charge is 2.07. The number of benzene rings is 2. The van der Waals surface area contributed by atoms with Crippen LogP contribution in [0.2, 0.25) is 0 Å². The Morgan fingerprint density at radius 3 is 2.57 bits per heavy atom. The van der Waals surface area contributed by atoms with E-state index in [1.807, 2.05) is 30.3 Å². The number of methoxy groups -OCH3 is 1. The van der Waals surface area contributed by atoms with Gasteiger partial charge >= 0.3 is 0 Å². The van der Waals surface area contributed by atoms with Gasteiger partial charge in [0.05, 0.1) is 7.11 Å². The number of amides is 1. The molecule has 0 heterocycles. The summed E-state index contributed by atoms with van der Waals surface area (Å²) < 4.78 is 6.03. The zero-order chi connectivity index (χ0) is 15.2. The van der Waals surface area contributed by atoms with Crippen molar-refractivity contribution >= 4 is 33.6 Å². The molecule has 0 spiro atoms. The molecule has 0 unspecified atom stereocenters. The van der Waals surface area contributed by atoms with Crippen molar-refractivity contribution < 1.29 is 9.53 Å². The fourth-order valence-electron chi connectivity index (χ4n) is 1.72. The summed E-state index contributed by atoms with van der Waals surface area (Å²) in [5, 5.41) is 0. The summed E-state index contributed by atoms with van der Waals surface area (Å²) in [5.74, 6) is 6.47.